The van der Waals surface area contributed by atoms with Crippen LogP contribution in [0, 0.1) is 22.7 Å². The van der Waals surface area contributed by atoms with Crippen LogP contribution in [0.15, 0.2) is 23.3 Å². The summed E-state index contributed by atoms with van der Waals surface area (Å²) in [5.74, 6) is 0. The van der Waals surface area contributed by atoms with E-state index < -0.39 is 0 Å². The van der Waals surface area contributed by atoms with Gasteiger partial charge in [-0.15, -0.1) is 0 Å². The third kappa shape index (κ3) is 0.407. The second-order valence-corrected chi connectivity index (χ2v) is 1.38. The van der Waals surface area contributed by atoms with Crippen LogP contribution in [0.25, 0.3) is 0 Å². The fourth-order valence-electron chi connectivity index (χ4n) is 0.445. The number of hydrogen-bond acceptors (Lipinski definition) is 2. The third-order valence-electron chi connectivity index (χ3n) is 0.948. The standard InChI is InChI=1S/C6H2N2/c7-3-5-1-2-6(5)4-8/h1-2H. The second kappa shape index (κ2) is 1.52. The van der Waals surface area contributed by atoms with E-state index in [9.17, 15) is 0 Å². The second-order valence-electron chi connectivity index (χ2n) is 1.38. The molecule has 1 aliphatic carbocycles. The van der Waals surface area contributed by atoms with Crippen LogP contribution in [0.1, 0.15) is 0 Å². The first-order valence-corrected chi connectivity index (χ1v) is 2.11. The number of rotatable bonds is 0. The molecular formula is C6H2N2. The smallest absolute Gasteiger partial charge is 0.101 e. The molecule has 0 aromatic heterocycles. The number of nitrogens with zero attached hydrogens (tertiary/aromatic N) is 2. The topological polar surface area (TPSA) is 47.6 Å². The number of hydrogen-bond donors (Lipinski definition) is 0. The molecule has 8 heavy (non-hydrogen) atoms. The van der Waals surface area contributed by atoms with E-state index in [-0.39, 0.29) is 0 Å². The summed E-state index contributed by atoms with van der Waals surface area (Å²) < 4.78 is 0. The minimum atomic E-state index is 0.493. The first-order valence-electron chi connectivity index (χ1n) is 2.11. The Morgan fingerprint density at radius 2 is 1.38 bits per heavy atom. The van der Waals surface area contributed by atoms with Gasteiger partial charge in [-0.2, -0.15) is 10.5 Å². The SMILES string of the molecule is N#CC1=C(C#N)C=C1. The molecule has 36 valence electrons. The largest absolute Gasteiger partial charge is 0.192 e. The van der Waals surface area contributed by atoms with E-state index in [1.807, 2.05) is 12.1 Å². The molecular weight excluding hydrogens is 100 g/mol. The predicted octanol–water partition coefficient (Wildman–Crippen LogP) is 0.900. The highest BCUT2D eigenvalue weighted by Gasteiger charge is 2.06. The molecule has 0 heterocycles. The lowest BCUT2D eigenvalue weighted by Gasteiger charge is -1.98. The molecule has 0 saturated heterocycles. The summed E-state index contributed by atoms with van der Waals surface area (Å²) in [6, 6.07) is 3.75. The Hall–Kier alpha value is -1.54. The highest BCUT2D eigenvalue weighted by atomic mass is 14.3. The predicted molar refractivity (Wildman–Crippen MR) is 27.4 cm³/mol. The monoisotopic (exact) mass is 102 g/mol. The molecule has 2 nitrogen and oxygen atoms in total. The molecule has 0 unspecified atom stereocenters. The van der Waals surface area contributed by atoms with Crippen molar-refractivity contribution in [2.24, 2.45) is 0 Å². The van der Waals surface area contributed by atoms with Gasteiger partial charge in [-0.1, -0.05) is 0 Å². The van der Waals surface area contributed by atoms with Gasteiger partial charge in [0.25, 0.3) is 0 Å². The van der Waals surface area contributed by atoms with Gasteiger partial charge in [0.1, 0.15) is 12.1 Å². The summed E-state index contributed by atoms with van der Waals surface area (Å²) >= 11 is 0. The first-order chi connectivity index (χ1) is 3.88. The van der Waals surface area contributed by atoms with Crippen molar-refractivity contribution in [1.29, 1.82) is 10.5 Å². The van der Waals surface area contributed by atoms with Gasteiger partial charge in [-0.3, -0.25) is 0 Å². The van der Waals surface area contributed by atoms with Crippen LogP contribution in [0.4, 0.5) is 0 Å². The molecule has 0 N–H and O–H groups in total. The van der Waals surface area contributed by atoms with E-state index in [2.05, 4.69) is 0 Å². The van der Waals surface area contributed by atoms with Gasteiger partial charge in [-0.25, -0.2) is 0 Å². The van der Waals surface area contributed by atoms with Crippen molar-refractivity contribution >= 4 is 0 Å². The lowest BCUT2D eigenvalue weighted by molar-refractivity contribution is 1.40. The van der Waals surface area contributed by atoms with Crippen LogP contribution in [-0.2, 0) is 0 Å². The Kier molecular flexibility index (Phi) is 0.875. The third-order valence-corrected chi connectivity index (χ3v) is 0.948. The van der Waals surface area contributed by atoms with Gasteiger partial charge in [-0.05, 0) is 12.2 Å². The molecule has 0 bridgehead atoms. The van der Waals surface area contributed by atoms with Gasteiger partial charge in [0.2, 0.25) is 0 Å². The van der Waals surface area contributed by atoms with Crippen molar-refractivity contribution in [3.63, 3.8) is 0 Å². The molecule has 0 saturated carbocycles. The molecule has 1 rings (SSSR count). The summed E-state index contributed by atoms with van der Waals surface area (Å²) in [5.41, 5.74) is 0.986. The molecule has 0 radical (unpaired) electrons. The summed E-state index contributed by atoms with van der Waals surface area (Å²) in [4.78, 5) is 0. The molecule has 0 fully saturated rings. The lowest BCUT2D eigenvalue weighted by Crippen LogP contribution is -1.88. The zero-order valence-electron chi connectivity index (χ0n) is 4.05. The molecule has 0 spiro atoms. The molecule has 0 aromatic carbocycles. The van der Waals surface area contributed by atoms with Crippen LogP contribution in [0.3, 0.4) is 0 Å². The van der Waals surface area contributed by atoms with Gasteiger partial charge in [0, 0.05) is 0 Å². The Morgan fingerprint density at radius 3 is 1.50 bits per heavy atom. The van der Waals surface area contributed by atoms with Crippen LogP contribution in [-0.4, -0.2) is 0 Å². The zero-order valence-corrected chi connectivity index (χ0v) is 4.05. The molecule has 0 atom stereocenters. The van der Waals surface area contributed by atoms with Crippen molar-refractivity contribution in [2.45, 2.75) is 0 Å². The van der Waals surface area contributed by atoms with Crippen LogP contribution in [0.2, 0.25) is 0 Å². The maximum atomic E-state index is 8.18. The lowest BCUT2D eigenvalue weighted by atomic mass is 10.0. The molecule has 0 aromatic rings. The highest BCUT2D eigenvalue weighted by molar-refractivity contribution is 5.58. The van der Waals surface area contributed by atoms with Crippen molar-refractivity contribution < 1.29 is 0 Å². The summed E-state index contributed by atoms with van der Waals surface area (Å²) in [6.07, 6.45) is 3.25. The van der Waals surface area contributed by atoms with Crippen LogP contribution < -0.4 is 0 Å². The molecule has 2 heteroatoms. The number of allylic oxidation sites excluding steroid dienone is 4. The van der Waals surface area contributed by atoms with E-state index in [0.717, 1.165) is 0 Å². The average molecular weight is 102 g/mol. The minimum absolute atomic E-state index is 0.493. The summed E-state index contributed by atoms with van der Waals surface area (Å²) in [5, 5.41) is 16.4. The Bertz CT molecular complexity index is 219. The van der Waals surface area contributed by atoms with E-state index in [1.54, 1.807) is 12.2 Å². The van der Waals surface area contributed by atoms with E-state index in [0.29, 0.717) is 11.1 Å². The zero-order chi connectivity index (χ0) is 5.98. The van der Waals surface area contributed by atoms with Crippen molar-refractivity contribution in [1.82, 2.24) is 0 Å². The van der Waals surface area contributed by atoms with Gasteiger partial charge in [0.05, 0.1) is 11.1 Å². The Morgan fingerprint density at radius 1 is 1.00 bits per heavy atom. The van der Waals surface area contributed by atoms with Crippen LogP contribution >= 0.6 is 0 Å². The Balaban J connectivity index is 2.89. The average Bonchev–Trinajstić information content (AvgIpc) is 1.66. The van der Waals surface area contributed by atoms with Crippen molar-refractivity contribution in [2.75, 3.05) is 0 Å². The Labute approximate surface area is 47.0 Å². The van der Waals surface area contributed by atoms with E-state index in [1.165, 1.54) is 0 Å². The maximum Gasteiger partial charge on any atom is 0.101 e. The van der Waals surface area contributed by atoms with Crippen molar-refractivity contribution in [3.05, 3.63) is 23.3 Å². The summed E-state index contributed by atoms with van der Waals surface area (Å²) in [6.45, 7) is 0. The number of nitriles is 2. The van der Waals surface area contributed by atoms with Gasteiger partial charge >= 0.3 is 0 Å². The van der Waals surface area contributed by atoms with Crippen LogP contribution in [0.5, 0.6) is 0 Å². The highest BCUT2D eigenvalue weighted by Crippen LogP contribution is 2.15. The first kappa shape index (κ1) is 4.61. The fourth-order valence-corrected chi connectivity index (χ4v) is 0.445. The van der Waals surface area contributed by atoms with Crippen molar-refractivity contribution in [3.8, 4) is 12.1 Å². The maximum absolute atomic E-state index is 8.18. The quantitative estimate of drug-likeness (QED) is 0.456. The van der Waals surface area contributed by atoms with E-state index in [4.69, 9.17) is 10.5 Å². The van der Waals surface area contributed by atoms with Gasteiger partial charge in [0.15, 0.2) is 0 Å². The molecule has 0 amide bonds. The van der Waals surface area contributed by atoms with Gasteiger partial charge < -0.3 is 0 Å². The normalized spacial score (nSPS) is 14.2. The molecule has 0 aliphatic heterocycles. The minimum Gasteiger partial charge on any atom is -0.192 e. The van der Waals surface area contributed by atoms with E-state index >= 15 is 0 Å². The summed E-state index contributed by atoms with van der Waals surface area (Å²) in [7, 11) is 0. The molecule has 1 aliphatic rings. The fraction of sp³-hybridized carbons (Fsp3) is 0.